The van der Waals surface area contributed by atoms with Crippen molar-refractivity contribution < 1.29 is 12.5 Å². The second-order valence-corrected chi connectivity index (χ2v) is 12.3. The zero-order valence-electron chi connectivity index (χ0n) is 24.7. The lowest BCUT2D eigenvalue weighted by Gasteiger charge is -2.51. The maximum Gasteiger partial charge on any atom is 0.211 e. The van der Waals surface area contributed by atoms with Crippen LogP contribution in [0.25, 0.3) is 22.2 Å². The van der Waals surface area contributed by atoms with Crippen LogP contribution in [0.4, 0.5) is 17.3 Å². The average molecular weight is 558 g/mol. The first kappa shape index (κ1) is 22.7. The highest BCUT2D eigenvalue weighted by molar-refractivity contribution is 7.88. The molecule has 1 saturated heterocycles. The molecule has 0 spiro atoms. The van der Waals surface area contributed by atoms with Gasteiger partial charge in [-0.15, -0.1) is 0 Å². The number of likely N-dealkylation sites (N-methyl/N-ethyl adjacent to an activating group) is 1. The number of anilines is 3. The number of aryl methyl sites for hydroxylation is 1. The van der Waals surface area contributed by atoms with E-state index in [1.807, 2.05) is 19.2 Å². The van der Waals surface area contributed by atoms with Crippen LogP contribution in [0, 0.1) is 0 Å². The van der Waals surface area contributed by atoms with E-state index in [4.69, 9.17) is 15.7 Å². The van der Waals surface area contributed by atoms with Gasteiger partial charge in [-0.1, -0.05) is 31.5 Å². The summed E-state index contributed by atoms with van der Waals surface area (Å²) in [4.78, 5) is 15.6. The largest absolute Gasteiger partial charge is 0.365 e. The predicted molar refractivity (Wildman–Crippen MR) is 152 cm³/mol. The Morgan fingerprint density at radius 3 is 2.66 bits per heavy atom. The summed E-state index contributed by atoms with van der Waals surface area (Å²) in [5.74, 6) is 1.49. The fourth-order valence-corrected chi connectivity index (χ4v) is 5.78. The van der Waals surface area contributed by atoms with E-state index in [2.05, 4.69) is 56.2 Å². The summed E-state index contributed by atoms with van der Waals surface area (Å²) in [5, 5.41) is 9.08. The number of aromatic nitrogens is 5. The minimum atomic E-state index is -3.29. The third-order valence-electron chi connectivity index (χ3n) is 7.09. The van der Waals surface area contributed by atoms with Gasteiger partial charge < -0.3 is 10.2 Å². The molecule has 5 rings (SSSR count). The molecule has 0 aliphatic carbocycles. The average Bonchev–Trinajstić information content (AvgIpc) is 3.29. The maximum atomic E-state index is 12.1. The number of hydrogen-bond donors (Lipinski definition) is 1. The van der Waals surface area contributed by atoms with Crippen molar-refractivity contribution in [1.82, 2.24) is 29.0 Å². The second-order valence-electron chi connectivity index (χ2n) is 9.85. The molecule has 4 aromatic rings. The molecular weight excluding hydrogens is 524 g/mol. The standard InChI is InChI=1S/C26H31ClN8O2S/c1-15(2)17-7-8-21(35-14-22(16(35)3)34(5)38(6,36)37)19-12-29-24(11-18(17)19)30-23-9-10-28-26(31-23)20-13-33(4)32-25(20)27/h7-13,15-16,22H,14H2,1-6H3,(H,28,29,30,31)/t16-,22+/m1/s1/i4D3. The monoisotopic (exact) mass is 557 g/mol. The first-order valence-electron chi connectivity index (χ1n) is 13.6. The number of nitrogens with one attached hydrogen (secondary N) is 1. The zero-order chi connectivity index (χ0) is 29.9. The van der Waals surface area contributed by atoms with Crippen LogP contribution in [0.15, 0.2) is 42.9 Å². The van der Waals surface area contributed by atoms with Crippen molar-refractivity contribution in [2.24, 2.45) is 6.98 Å². The molecule has 0 bridgehead atoms. The number of rotatable bonds is 7. The van der Waals surface area contributed by atoms with Gasteiger partial charge in [-0.3, -0.25) is 4.68 Å². The highest BCUT2D eigenvalue weighted by atomic mass is 35.5. The SMILES string of the molecule is [2H]C([2H])([2H])n1cc(-c2nccc(Nc3cc4c(C(C)C)ccc(N5C[C@H](N(C)S(C)(=O)=O)[C@H]5C)c4cn3)n2)c(Cl)n1. The molecule has 0 amide bonds. The molecule has 0 saturated carbocycles. The van der Waals surface area contributed by atoms with Gasteiger partial charge in [0, 0.05) is 60.4 Å². The third kappa shape index (κ3) is 4.81. The first-order chi connectivity index (χ1) is 19.1. The lowest BCUT2D eigenvalue weighted by molar-refractivity contribution is 0.251. The molecule has 0 unspecified atom stereocenters. The fraction of sp³-hybridized carbons (Fsp3) is 0.385. The Morgan fingerprint density at radius 2 is 2.00 bits per heavy atom. The minimum Gasteiger partial charge on any atom is -0.365 e. The van der Waals surface area contributed by atoms with Crippen LogP contribution in [0.3, 0.4) is 0 Å². The number of fused-ring (bicyclic) bond motifs is 1. The molecule has 38 heavy (non-hydrogen) atoms. The van der Waals surface area contributed by atoms with Crippen molar-refractivity contribution >= 4 is 49.7 Å². The number of nitrogens with zero attached hydrogens (tertiary/aromatic N) is 7. The molecule has 12 heteroatoms. The Hall–Kier alpha value is -3.28. The van der Waals surface area contributed by atoms with Gasteiger partial charge in [-0.2, -0.15) is 9.40 Å². The summed E-state index contributed by atoms with van der Waals surface area (Å²) < 4.78 is 49.1. The van der Waals surface area contributed by atoms with E-state index in [1.54, 1.807) is 19.3 Å². The molecule has 1 N–H and O–H groups in total. The molecule has 4 heterocycles. The summed E-state index contributed by atoms with van der Waals surface area (Å²) in [5.41, 5.74) is 2.45. The van der Waals surface area contributed by atoms with Gasteiger partial charge in [-0.25, -0.2) is 23.4 Å². The smallest absolute Gasteiger partial charge is 0.211 e. The number of hydrogen-bond acceptors (Lipinski definition) is 8. The molecule has 2 atom stereocenters. The second kappa shape index (κ2) is 9.79. The van der Waals surface area contributed by atoms with Crippen LogP contribution >= 0.6 is 11.6 Å². The molecule has 1 aliphatic heterocycles. The van der Waals surface area contributed by atoms with Crippen LogP contribution in [0.5, 0.6) is 0 Å². The zero-order valence-corrected chi connectivity index (χ0v) is 23.3. The molecule has 1 aromatic carbocycles. The van der Waals surface area contributed by atoms with Gasteiger partial charge >= 0.3 is 0 Å². The Bertz CT molecular complexity index is 1730. The topological polar surface area (TPSA) is 109 Å². The Morgan fingerprint density at radius 1 is 1.21 bits per heavy atom. The van der Waals surface area contributed by atoms with E-state index >= 15 is 0 Å². The van der Waals surface area contributed by atoms with Crippen molar-refractivity contribution in [2.75, 3.05) is 30.1 Å². The molecule has 0 radical (unpaired) electrons. The summed E-state index contributed by atoms with van der Waals surface area (Å²) in [6.07, 6.45) is 5.89. The lowest BCUT2D eigenvalue weighted by Crippen LogP contribution is -2.65. The predicted octanol–water partition coefficient (Wildman–Crippen LogP) is 4.41. The molecule has 1 fully saturated rings. The molecule has 10 nitrogen and oxygen atoms in total. The lowest BCUT2D eigenvalue weighted by atomic mass is 9.92. The molecule has 200 valence electrons. The van der Waals surface area contributed by atoms with Crippen molar-refractivity contribution in [3.8, 4) is 11.4 Å². The number of halogens is 1. The van der Waals surface area contributed by atoms with Crippen molar-refractivity contribution in [3.63, 3.8) is 0 Å². The van der Waals surface area contributed by atoms with Crippen molar-refractivity contribution in [3.05, 3.63) is 53.6 Å². The number of sulfonamides is 1. The van der Waals surface area contributed by atoms with Gasteiger partial charge in [-0.05, 0) is 42.0 Å². The third-order valence-corrected chi connectivity index (χ3v) is 8.68. The van der Waals surface area contributed by atoms with E-state index in [9.17, 15) is 8.42 Å². The highest BCUT2D eigenvalue weighted by Crippen LogP contribution is 2.39. The number of benzene rings is 1. The Labute approximate surface area is 231 Å². The van der Waals surface area contributed by atoms with Gasteiger partial charge in [0.1, 0.15) is 11.6 Å². The summed E-state index contributed by atoms with van der Waals surface area (Å²) in [7, 11) is -1.66. The van der Waals surface area contributed by atoms with E-state index in [0.717, 1.165) is 26.7 Å². The maximum absolute atomic E-state index is 12.1. The molecule has 3 aromatic heterocycles. The molecule has 1 aliphatic rings. The van der Waals surface area contributed by atoms with E-state index in [0.29, 0.717) is 23.7 Å². The van der Waals surface area contributed by atoms with Crippen LogP contribution in [-0.4, -0.2) is 69.4 Å². The van der Waals surface area contributed by atoms with Crippen molar-refractivity contribution in [1.29, 1.82) is 0 Å². The summed E-state index contributed by atoms with van der Waals surface area (Å²) >= 11 is 6.20. The Balaban J connectivity index is 1.46. The van der Waals surface area contributed by atoms with Gasteiger partial charge in [0.15, 0.2) is 11.0 Å². The van der Waals surface area contributed by atoms with Gasteiger partial charge in [0.05, 0.1) is 17.9 Å². The minimum absolute atomic E-state index is 0.00144. The van der Waals surface area contributed by atoms with Crippen LogP contribution in [0.1, 0.15) is 36.4 Å². The Kier molecular flexibility index (Phi) is 5.84. The molecular formula is C26H31ClN8O2S. The summed E-state index contributed by atoms with van der Waals surface area (Å²) in [6.45, 7) is 4.40. The number of pyridine rings is 1. The van der Waals surface area contributed by atoms with Crippen LogP contribution < -0.4 is 10.2 Å². The van der Waals surface area contributed by atoms with E-state index < -0.39 is 17.0 Å². The van der Waals surface area contributed by atoms with Crippen LogP contribution in [0.2, 0.25) is 5.15 Å². The van der Waals surface area contributed by atoms with Crippen molar-refractivity contribution in [2.45, 2.75) is 38.8 Å². The quantitative estimate of drug-likeness (QED) is 0.356. The van der Waals surface area contributed by atoms with E-state index in [-0.39, 0.29) is 29.0 Å². The normalized spacial score (nSPS) is 19.4. The summed E-state index contributed by atoms with van der Waals surface area (Å²) in [6, 6.07) is 7.74. The van der Waals surface area contributed by atoms with Gasteiger partial charge in [0.2, 0.25) is 10.0 Å². The fourth-order valence-electron chi connectivity index (χ4n) is 4.83. The highest BCUT2D eigenvalue weighted by Gasteiger charge is 2.41. The first-order valence-corrected chi connectivity index (χ1v) is 14.4. The van der Waals surface area contributed by atoms with Crippen LogP contribution in [-0.2, 0) is 17.0 Å². The van der Waals surface area contributed by atoms with Gasteiger partial charge in [0.25, 0.3) is 0 Å². The van der Waals surface area contributed by atoms with E-state index in [1.165, 1.54) is 16.8 Å².